The molecule has 3 heterocycles. The Morgan fingerprint density at radius 2 is 1.71 bits per heavy atom. The van der Waals surface area contributed by atoms with Gasteiger partial charge in [0.1, 0.15) is 28.4 Å². The van der Waals surface area contributed by atoms with Gasteiger partial charge in [-0.05, 0) is 93.2 Å². The van der Waals surface area contributed by atoms with Gasteiger partial charge < -0.3 is 29.2 Å². The third-order valence-corrected chi connectivity index (χ3v) is 11.3. The van der Waals surface area contributed by atoms with E-state index in [4.69, 9.17) is 18.9 Å². The van der Waals surface area contributed by atoms with E-state index in [9.17, 15) is 19.8 Å². The fourth-order valence-corrected chi connectivity index (χ4v) is 9.04. The molecule has 1 aromatic carbocycles. The zero-order valence-corrected chi connectivity index (χ0v) is 29.5. The minimum atomic E-state index is -1.66. The molecule has 3 aliphatic heterocycles. The number of ketones is 2. The van der Waals surface area contributed by atoms with E-state index in [0.29, 0.717) is 36.1 Å². The number of carboxylic acids is 1. The molecular formula is C39H48O9. The summed E-state index contributed by atoms with van der Waals surface area (Å²) >= 11 is 0. The van der Waals surface area contributed by atoms with Gasteiger partial charge in [0.2, 0.25) is 0 Å². The highest BCUT2D eigenvalue weighted by Crippen LogP contribution is 2.70. The van der Waals surface area contributed by atoms with E-state index < -0.39 is 52.2 Å². The van der Waals surface area contributed by atoms with Crippen LogP contribution in [0.25, 0.3) is 6.08 Å². The molecule has 7 rings (SSSR count). The number of aliphatic carboxylic acids is 1. The van der Waals surface area contributed by atoms with Crippen molar-refractivity contribution in [2.75, 3.05) is 7.11 Å². The lowest BCUT2D eigenvalue weighted by molar-refractivity contribution is -0.224. The van der Waals surface area contributed by atoms with Gasteiger partial charge in [-0.2, -0.15) is 0 Å². The summed E-state index contributed by atoms with van der Waals surface area (Å²) in [6.45, 7) is 15.4. The normalized spacial score (nSPS) is 33.6. The Hall–Kier alpha value is -3.69. The summed E-state index contributed by atoms with van der Waals surface area (Å²) in [5.74, 6) is -3.41. The van der Waals surface area contributed by atoms with E-state index in [1.165, 1.54) is 25.7 Å². The van der Waals surface area contributed by atoms with Gasteiger partial charge in [-0.3, -0.25) is 9.59 Å². The molecule has 6 aliphatic rings. The zero-order chi connectivity index (χ0) is 35.1. The molecule has 9 nitrogen and oxygen atoms in total. The van der Waals surface area contributed by atoms with Gasteiger partial charge in [0.25, 0.3) is 0 Å². The van der Waals surface area contributed by atoms with Crippen molar-refractivity contribution in [3.8, 4) is 17.2 Å². The Morgan fingerprint density at radius 3 is 2.33 bits per heavy atom. The molecule has 1 spiro atoms. The van der Waals surface area contributed by atoms with E-state index in [1.54, 1.807) is 0 Å². The molecule has 9 heteroatoms. The quantitative estimate of drug-likeness (QED) is 0.214. The standard InChI is InChI=1S/C39H48O9/c1-20(2)11-10-16-37(8)17-15-23-29(40)27-30(41)28-33(45-9)25-19-26-36(6,7)48-38(34(25)42,18-14-22(5)35(43)44)39(26,28)47-32(27)24(31(23)46-37)13-12-21(3)4/h11-12,14-15,17,25-26,28,33,40H,10,13,16,18-19H2,1-9H3,(H,43,44)/b22-14-/t25-,26-,28-,33-,37?,38-,39-/m0/s1. The van der Waals surface area contributed by atoms with Crippen LogP contribution < -0.4 is 9.47 Å². The summed E-state index contributed by atoms with van der Waals surface area (Å²) in [5.41, 5.74) is -1.39. The lowest BCUT2D eigenvalue weighted by Crippen LogP contribution is -2.80. The number of Topliss-reactive ketones (excluding diaryl/α,β-unsaturated/α-hetero) is 2. The minimum absolute atomic E-state index is 0.0505. The number of aromatic hydroxyl groups is 1. The molecule has 258 valence electrons. The molecular weight excluding hydrogens is 612 g/mol. The van der Waals surface area contributed by atoms with E-state index in [0.717, 1.165) is 12.0 Å². The number of allylic oxidation sites excluding steroid dienone is 4. The second kappa shape index (κ2) is 11.4. The predicted octanol–water partition coefficient (Wildman–Crippen LogP) is 6.94. The summed E-state index contributed by atoms with van der Waals surface area (Å²) in [4.78, 5) is 41.6. The molecule has 1 saturated heterocycles. The molecule has 2 N–H and O–H groups in total. The molecule has 0 radical (unpaired) electrons. The highest BCUT2D eigenvalue weighted by molar-refractivity contribution is 6.10. The van der Waals surface area contributed by atoms with Crippen LogP contribution in [0, 0.1) is 17.8 Å². The molecule has 4 fully saturated rings. The monoisotopic (exact) mass is 660 g/mol. The molecule has 0 aromatic heterocycles. The zero-order valence-electron chi connectivity index (χ0n) is 29.5. The molecule has 7 atom stereocenters. The van der Waals surface area contributed by atoms with Gasteiger partial charge in [0, 0.05) is 36.5 Å². The maximum Gasteiger partial charge on any atom is 0.330 e. The van der Waals surface area contributed by atoms with Crippen LogP contribution in [0.5, 0.6) is 17.2 Å². The Labute approximate surface area is 282 Å². The largest absolute Gasteiger partial charge is 0.506 e. The topological polar surface area (TPSA) is 129 Å². The summed E-state index contributed by atoms with van der Waals surface area (Å²) in [6, 6.07) is 0. The van der Waals surface area contributed by atoms with Crippen molar-refractivity contribution in [2.24, 2.45) is 17.8 Å². The van der Waals surface area contributed by atoms with Crippen LogP contribution in [0.4, 0.5) is 0 Å². The Morgan fingerprint density at radius 1 is 1.02 bits per heavy atom. The SMILES string of the molecule is CO[C@H]1[C@@H]2C[C@H]3C(C)(C)O[C@@](C/C=C(/C)C(=O)O)(C2=O)[C@]32Oc3c(CC=C(C)C)c4c(c(O)c3C(=O)[C@@H]12)C=CC(C)(CCC=C(C)C)O4. The lowest BCUT2D eigenvalue weighted by Gasteiger charge is -2.62. The van der Waals surface area contributed by atoms with Crippen molar-refractivity contribution in [3.05, 3.63) is 57.7 Å². The first kappa shape index (κ1) is 34.2. The number of hydrogen-bond donors (Lipinski definition) is 2. The minimum Gasteiger partial charge on any atom is -0.506 e. The number of ether oxygens (including phenoxy) is 4. The number of carboxylic acid groups (broad SMARTS) is 1. The van der Waals surface area contributed by atoms with E-state index >= 15 is 4.79 Å². The van der Waals surface area contributed by atoms with Crippen LogP contribution in [0.1, 0.15) is 103 Å². The predicted molar refractivity (Wildman–Crippen MR) is 180 cm³/mol. The number of phenols is 1. The van der Waals surface area contributed by atoms with Crippen LogP contribution in [0.3, 0.4) is 0 Å². The average Bonchev–Trinajstić information content (AvgIpc) is 3.14. The van der Waals surface area contributed by atoms with Crippen LogP contribution >= 0.6 is 0 Å². The summed E-state index contributed by atoms with van der Waals surface area (Å²) < 4.78 is 26.8. The van der Waals surface area contributed by atoms with Crippen LogP contribution in [0.2, 0.25) is 0 Å². The smallest absolute Gasteiger partial charge is 0.330 e. The molecule has 3 saturated carbocycles. The van der Waals surface area contributed by atoms with Gasteiger partial charge in [-0.25, -0.2) is 4.79 Å². The third-order valence-electron chi connectivity index (χ3n) is 11.3. The Kier molecular flexibility index (Phi) is 8.15. The van der Waals surface area contributed by atoms with E-state index in [2.05, 4.69) is 19.9 Å². The number of hydrogen-bond acceptors (Lipinski definition) is 8. The summed E-state index contributed by atoms with van der Waals surface area (Å²) in [5, 5.41) is 21.6. The maximum absolute atomic E-state index is 15.1. The van der Waals surface area contributed by atoms with E-state index in [1.807, 2.05) is 52.8 Å². The molecule has 48 heavy (non-hydrogen) atoms. The molecule has 3 aliphatic carbocycles. The average molecular weight is 661 g/mol. The van der Waals surface area contributed by atoms with Crippen molar-refractivity contribution >= 4 is 23.6 Å². The lowest BCUT2D eigenvalue weighted by atomic mass is 9.45. The molecule has 1 aromatic rings. The van der Waals surface area contributed by atoms with Crippen molar-refractivity contribution in [2.45, 2.75) is 116 Å². The first-order chi connectivity index (χ1) is 22.4. The molecule has 4 bridgehead atoms. The second-order valence-electron chi connectivity index (χ2n) is 15.5. The number of fused-ring (bicyclic) bond motifs is 2. The Balaban J connectivity index is 1.61. The maximum atomic E-state index is 15.1. The summed E-state index contributed by atoms with van der Waals surface area (Å²) in [6.07, 6.45) is 10.8. The number of rotatable bonds is 9. The van der Waals surface area contributed by atoms with Gasteiger partial charge in [0.15, 0.2) is 22.8 Å². The number of benzene rings is 1. The number of methoxy groups -OCH3 is 1. The fourth-order valence-electron chi connectivity index (χ4n) is 9.04. The summed E-state index contributed by atoms with van der Waals surface area (Å²) in [7, 11) is 1.49. The molecule has 0 amide bonds. The van der Waals surface area contributed by atoms with Crippen molar-refractivity contribution < 1.29 is 43.5 Å². The van der Waals surface area contributed by atoms with Crippen LogP contribution in [0.15, 0.2) is 41.0 Å². The van der Waals surface area contributed by atoms with Crippen molar-refractivity contribution in [1.29, 1.82) is 0 Å². The van der Waals surface area contributed by atoms with E-state index in [-0.39, 0.29) is 40.6 Å². The van der Waals surface area contributed by atoms with Gasteiger partial charge in [-0.15, -0.1) is 0 Å². The second-order valence-corrected chi connectivity index (χ2v) is 15.5. The molecule has 1 unspecified atom stereocenters. The Bertz CT molecular complexity index is 1720. The van der Waals surface area contributed by atoms with Gasteiger partial charge >= 0.3 is 5.97 Å². The van der Waals surface area contributed by atoms with Gasteiger partial charge in [0.05, 0.1) is 23.2 Å². The van der Waals surface area contributed by atoms with Crippen molar-refractivity contribution in [1.82, 2.24) is 0 Å². The number of carbonyl (C=O) groups is 3. The first-order valence-electron chi connectivity index (χ1n) is 16.9. The fraction of sp³-hybridized carbons (Fsp3) is 0.564. The van der Waals surface area contributed by atoms with Crippen LogP contribution in [-0.2, 0) is 25.5 Å². The third kappa shape index (κ3) is 4.75. The number of phenolic OH excluding ortho intramolecular Hbond substituents is 1. The first-order valence-corrected chi connectivity index (χ1v) is 16.9. The number of carbonyl (C=O) groups excluding carboxylic acids is 2. The highest BCUT2D eigenvalue weighted by Gasteiger charge is 2.85. The highest BCUT2D eigenvalue weighted by atomic mass is 16.6. The van der Waals surface area contributed by atoms with Gasteiger partial charge in [-0.1, -0.05) is 29.4 Å². The van der Waals surface area contributed by atoms with Crippen molar-refractivity contribution in [3.63, 3.8) is 0 Å². The van der Waals surface area contributed by atoms with Crippen LogP contribution in [-0.4, -0.2) is 63.4 Å².